The third-order valence-electron chi connectivity index (χ3n) is 4.13. The van der Waals surface area contributed by atoms with Gasteiger partial charge in [0.05, 0.1) is 5.92 Å². The molecule has 0 bridgehead atoms. The number of hydrogen-bond acceptors (Lipinski definition) is 1. The molecule has 0 unspecified atom stereocenters. The molecule has 2 aromatic rings. The van der Waals surface area contributed by atoms with Crippen LogP contribution in [-0.2, 0) is 4.79 Å². The summed E-state index contributed by atoms with van der Waals surface area (Å²) in [6.45, 7) is -1.19. The Morgan fingerprint density at radius 3 is 1.79 bits per heavy atom. The zero-order valence-electron chi connectivity index (χ0n) is 13.0. The van der Waals surface area contributed by atoms with Crippen molar-refractivity contribution in [3.63, 3.8) is 0 Å². The Balaban J connectivity index is 1.96. The van der Waals surface area contributed by atoms with Crippen LogP contribution in [0.4, 0.5) is 13.2 Å². The van der Waals surface area contributed by atoms with Crippen LogP contribution in [0.2, 0.25) is 0 Å². The lowest BCUT2D eigenvalue weighted by Gasteiger charge is -2.29. The molecule has 0 N–H and O–H groups in total. The number of hydrogen-bond donors (Lipinski definition) is 0. The number of carbonyl (C=O) groups excluding carboxylic acids is 1. The van der Waals surface area contributed by atoms with Crippen LogP contribution >= 0.6 is 0 Å². The minimum absolute atomic E-state index is 0.297. The molecule has 24 heavy (non-hydrogen) atoms. The molecule has 3 rings (SSSR count). The number of rotatable bonds is 5. The average molecular weight is 333 g/mol. The predicted octanol–water partition coefficient (Wildman–Crippen LogP) is 4.37. The van der Waals surface area contributed by atoms with Gasteiger partial charge in [-0.2, -0.15) is 13.2 Å². The minimum atomic E-state index is -4.39. The van der Waals surface area contributed by atoms with Gasteiger partial charge in [0.15, 0.2) is 0 Å². The van der Waals surface area contributed by atoms with E-state index in [0.717, 1.165) is 4.90 Å². The van der Waals surface area contributed by atoms with Gasteiger partial charge in [-0.25, -0.2) is 0 Å². The van der Waals surface area contributed by atoms with Crippen molar-refractivity contribution >= 4 is 5.91 Å². The number of benzene rings is 2. The van der Waals surface area contributed by atoms with Gasteiger partial charge >= 0.3 is 6.18 Å². The Bertz CT molecular complexity index is 641. The van der Waals surface area contributed by atoms with Crippen LogP contribution in [0.3, 0.4) is 0 Å². The first-order valence-corrected chi connectivity index (χ1v) is 7.93. The summed E-state index contributed by atoms with van der Waals surface area (Å²) in [5.74, 6) is -1.19. The Hall–Kier alpha value is -2.30. The summed E-state index contributed by atoms with van der Waals surface area (Å²) in [7, 11) is 0. The Labute approximate surface area is 138 Å². The van der Waals surface area contributed by atoms with E-state index >= 15 is 0 Å². The second-order valence-electron chi connectivity index (χ2n) is 6.07. The maximum absolute atomic E-state index is 13.0. The third kappa shape index (κ3) is 3.96. The van der Waals surface area contributed by atoms with Crippen LogP contribution < -0.4 is 0 Å². The van der Waals surface area contributed by atoms with E-state index in [1.807, 2.05) is 12.1 Å². The maximum Gasteiger partial charge on any atom is 0.406 e. The standard InChI is InChI=1S/C19H18F3NO/c20-19(21,22)13-23(16-11-12-16)18(24)17(14-7-3-1-4-8-14)15-9-5-2-6-10-15/h1-10,16-17H,11-13H2. The smallest absolute Gasteiger partial charge is 0.330 e. The van der Waals surface area contributed by atoms with Gasteiger partial charge in [-0.3, -0.25) is 4.79 Å². The van der Waals surface area contributed by atoms with Gasteiger partial charge in [-0.15, -0.1) is 0 Å². The fraction of sp³-hybridized carbons (Fsp3) is 0.316. The molecule has 0 spiro atoms. The topological polar surface area (TPSA) is 20.3 Å². The maximum atomic E-state index is 13.0. The zero-order valence-corrected chi connectivity index (χ0v) is 13.0. The number of carbonyl (C=O) groups is 1. The number of amides is 1. The molecule has 0 heterocycles. The summed E-state index contributed by atoms with van der Waals surface area (Å²) in [5, 5.41) is 0. The van der Waals surface area contributed by atoms with E-state index in [9.17, 15) is 18.0 Å². The van der Waals surface area contributed by atoms with Gasteiger partial charge in [0, 0.05) is 6.04 Å². The van der Waals surface area contributed by atoms with Crippen LogP contribution in [-0.4, -0.2) is 29.6 Å². The van der Waals surface area contributed by atoms with E-state index in [-0.39, 0.29) is 6.04 Å². The highest BCUT2D eigenvalue weighted by molar-refractivity contribution is 5.87. The van der Waals surface area contributed by atoms with E-state index in [1.54, 1.807) is 48.5 Å². The van der Waals surface area contributed by atoms with E-state index < -0.39 is 24.5 Å². The summed E-state index contributed by atoms with van der Waals surface area (Å²) in [4.78, 5) is 14.0. The van der Waals surface area contributed by atoms with Crippen molar-refractivity contribution in [3.8, 4) is 0 Å². The molecule has 0 atom stereocenters. The van der Waals surface area contributed by atoms with E-state index in [1.165, 1.54) is 0 Å². The predicted molar refractivity (Wildman–Crippen MR) is 85.5 cm³/mol. The third-order valence-corrected chi connectivity index (χ3v) is 4.13. The summed E-state index contributed by atoms with van der Waals surface area (Å²) in [5.41, 5.74) is 1.42. The molecule has 1 amide bonds. The Kier molecular flexibility index (Phi) is 4.60. The van der Waals surface area contributed by atoms with Crippen molar-refractivity contribution < 1.29 is 18.0 Å². The van der Waals surface area contributed by atoms with Crippen LogP contribution in [0.5, 0.6) is 0 Å². The van der Waals surface area contributed by atoms with Crippen molar-refractivity contribution in [2.75, 3.05) is 6.54 Å². The molecule has 1 aliphatic carbocycles. The highest BCUT2D eigenvalue weighted by Gasteiger charge is 2.43. The molecule has 126 valence electrons. The van der Waals surface area contributed by atoms with Crippen molar-refractivity contribution in [1.29, 1.82) is 0 Å². The van der Waals surface area contributed by atoms with E-state index in [0.29, 0.717) is 24.0 Å². The van der Waals surface area contributed by atoms with Gasteiger partial charge < -0.3 is 4.90 Å². The quantitative estimate of drug-likeness (QED) is 0.795. The second-order valence-corrected chi connectivity index (χ2v) is 6.07. The first-order chi connectivity index (χ1) is 11.5. The summed E-state index contributed by atoms with van der Waals surface area (Å²) in [6.07, 6.45) is -3.12. The fourth-order valence-corrected chi connectivity index (χ4v) is 2.90. The summed E-state index contributed by atoms with van der Waals surface area (Å²) < 4.78 is 38.8. The lowest BCUT2D eigenvalue weighted by Crippen LogP contribution is -2.43. The SMILES string of the molecule is O=C(C(c1ccccc1)c1ccccc1)N(CC(F)(F)F)C1CC1. The highest BCUT2D eigenvalue weighted by atomic mass is 19.4. The lowest BCUT2D eigenvalue weighted by atomic mass is 9.90. The second kappa shape index (κ2) is 6.67. The van der Waals surface area contributed by atoms with Crippen molar-refractivity contribution in [3.05, 3.63) is 71.8 Å². The molecule has 0 aromatic heterocycles. The molecule has 1 saturated carbocycles. The molecular formula is C19H18F3NO. The van der Waals surface area contributed by atoms with Crippen molar-refractivity contribution in [2.24, 2.45) is 0 Å². The number of nitrogens with zero attached hydrogens (tertiary/aromatic N) is 1. The average Bonchev–Trinajstić information content (AvgIpc) is 3.39. The molecule has 0 radical (unpaired) electrons. The molecule has 5 heteroatoms. The van der Waals surface area contributed by atoms with Crippen LogP contribution in [0.25, 0.3) is 0 Å². The summed E-state index contributed by atoms with van der Waals surface area (Å²) >= 11 is 0. The van der Waals surface area contributed by atoms with Crippen LogP contribution in [0.1, 0.15) is 29.9 Å². The Morgan fingerprint density at radius 1 is 0.958 bits per heavy atom. The molecule has 0 saturated heterocycles. The van der Waals surface area contributed by atoms with Crippen molar-refractivity contribution in [2.45, 2.75) is 31.0 Å². The van der Waals surface area contributed by atoms with Crippen LogP contribution in [0, 0.1) is 0 Å². The minimum Gasteiger partial charge on any atom is -0.330 e. The number of halogens is 3. The highest BCUT2D eigenvalue weighted by Crippen LogP contribution is 2.35. The largest absolute Gasteiger partial charge is 0.406 e. The molecule has 2 nitrogen and oxygen atoms in total. The van der Waals surface area contributed by atoms with Gasteiger partial charge in [0.1, 0.15) is 6.54 Å². The van der Waals surface area contributed by atoms with E-state index in [4.69, 9.17) is 0 Å². The number of alkyl halides is 3. The van der Waals surface area contributed by atoms with Gasteiger partial charge in [-0.05, 0) is 24.0 Å². The lowest BCUT2D eigenvalue weighted by molar-refractivity contribution is -0.162. The van der Waals surface area contributed by atoms with E-state index in [2.05, 4.69) is 0 Å². The van der Waals surface area contributed by atoms with Gasteiger partial charge in [0.25, 0.3) is 0 Å². The van der Waals surface area contributed by atoms with Crippen molar-refractivity contribution in [1.82, 2.24) is 4.90 Å². The molecule has 1 fully saturated rings. The van der Waals surface area contributed by atoms with Gasteiger partial charge in [0.2, 0.25) is 5.91 Å². The molecule has 0 aliphatic heterocycles. The zero-order chi connectivity index (χ0) is 17.2. The first kappa shape index (κ1) is 16.6. The monoisotopic (exact) mass is 333 g/mol. The molecular weight excluding hydrogens is 315 g/mol. The first-order valence-electron chi connectivity index (χ1n) is 7.93. The Morgan fingerprint density at radius 2 is 1.42 bits per heavy atom. The molecule has 2 aromatic carbocycles. The van der Waals surface area contributed by atoms with Gasteiger partial charge in [-0.1, -0.05) is 60.7 Å². The summed E-state index contributed by atoms with van der Waals surface area (Å²) in [6, 6.07) is 17.7. The van der Waals surface area contributed by atoms with Crippen LogP contribution in [0.15, 0.2) is 60.7 Å². The normalized spacial score (nSPS) is 14.7. The molecule has 1 aliphatic rings. The fourth-order valence-electron chi connectivity index (χ4n) is 2.90.